The van der Waals surface area contributed by atoms with Gasteiger partial charge in [0, 0.05) is 55.8 Å². The third kappa shape index (κ3) is 5.45. The van der Waals surface area contributed by atoms with Crippen LogP contribution in [0.3, 0.4) is 0 Å². The van der Waals surface area contributed by atoms with Gasteiger partial charge in [0.1, 0.15) is 0 Å². The van der Waals surface area contributed by atoms with Gasteiger partial charge in [-0.25, -0.2) is 13.4 Å². The highest BCUT2D eigenvalue weighted by molar-refractivity contribution is 7.89. The maximum Gasteiger partial charge on any atom is 0.253 e. The van der Waals surface area contributed by atoms with E-state index in [-0.39, 0.29) is 18.0 Å². The lowest BCUT2D eigenvalue weighted by Crippen LogP contribution is -2.66. The van der Waals surface area contributed by atoms with Crippen LogP contribution in [0.25, 0.3) is 10.8 Å². The van der Waals surface area contributed by atoms with Crippen molar-refractivity contribution in [3.8, 4) is 0 Å². The maximum absolute atomic E-state index is 13.4. The number of carboxylic acid groups (broad SMARTS) is 1. The first-order valence-corrected chi connectivity index (χ1v) is 13.9. The van der Waals surface area contributed by atoms with E-state index < -0.39 is 35.0 Å². The second-order valence-corrected chi connectivity index (χ2v) is 11.4. The lowest BCUT2D eigenvalue weighted by Gasteiger charge is -2.48. The first kappa shape index (κ1) is 26.3. The quantitative estimate of drug-likeness (QED) is 0.407. The van der Waals surface area contributed by atoms with Crippen LogP contribution in [0.15, 0.2) is 65.8 Å². The van der Waals surface area contributed by atoms with E-state index in [1.54, 1.807) is 47.7 Å². The Balaban J connectivity index is 1.29. The SMILES string of the molecule is O=C([O-])CN(N1CCN(c2ccncc2)CC1)N1CCN(S(=O)(=O)c2ccc3cc(Cl)ccc3c2)CC1=O. The molecule has 0 radical (unpaired) electrons. The van der Waals surface area contributed by atoms with E-state index in [4.69, 9.17) is 11.6 Å². The van der Waals surface area contributed by atoms with Gasteiger partial charge in [-0.05, 0) is 47.2 Å². The van der Waals surface area contributed by atoms with Crippen LogP contribution in [0.2, 0.25) is 5.02 Å². The molecule has 2 fully saturated rings. The molecular formula is C25H26ClN6O5S-. The number of piperazine rings is 2. The number of halogens is 1. The summed E-state index contributed by atoms with van der Waals surface area (Å²) in [4.78, 5) is 31.0. The number of benzene rings is 2. The zero-order valence-corrected chi connectivity index (χ0v) is 22.0. The minimum Gasteiger partial charge on any atom is -0.549 e. The summed E-state index contributed by atoms with van der Waals surface area (Å²) in [5, 5.41) is 18.1. The van der Waals surface area contributed by atoms with E-state index in [1.165, 1.54) is 16.2 Å². The number of carbonyl (C=O) groups is 2. The third-order valence-electron chi connectivity index (χ3n) is 6.73. The molecule has 2 aromatic carbocycles. The van der Waals surface area contributed by atoms with Gasteiger partial charge in [-0.1, -0.05) is 23.7 Å². The fourth-order valence-corrected chi connectivity index (χ4v) is 6.39. The standard InChI is InChI=1S/C25H27ClN6O5S/c26-21-3-1-20-16-23(4-2-19(20)15-21)38(36,37)30-13-14-31(24(33)17-30)32(18-25(34)35)29-11-9-28(10-12-29)22-5-7-27-8-6-22/h1-8,15-16H,9-14,17-18H2,(H,34,35)/p-1. The van der Waals surface area contributed by atoms with Crippen LogP contribution < -0.4 is 10.0 Å². The first-order valence-electron chi connectivity index (χ1n) is 12.1. The number of rotatable bonds is 7. The molecule has 1 aromatic heterocycles. The highest BCUT2D eigenvalue weighted by atomic mass is 35.5. The highest BCUT2D eigenvalue weighted by Gasteiger charge is 2.37. The van der Waals surface area contributed by atoms with E-state index >= 15 is 0 Å². The van der Waals surface area contributed by atoms with E-state index in [2.05, 4.69) is 9.88 Å². The lowest BCUT2D eigenvalue weighted by molar-refractivity contribution is -0.314. The summed E-state index contributed by atoms with van der Waals surface area (Å²) in [6.07, 6.45) is 3.42. The first-order chi connectivity index (χ1) is 18.2. The maximum atomic E-state index is 13.4. The molecule has 2 aliphatic heterocycles. The molecule has 0 bridgehead atoms. The molecule has 38 heavy (non-hydrogen) atoms. The molecule has 0 atom stereocenters. The summed E-state index contributed by atoms with van der Waals surface area (Å²) in [5.74, 6) is -1.84. The number of aliphatic carboxylic acids is 1. The summed E-state index contributed by atoms with van der Waals surface area (Å²) >= 11 is 6.03. The second kappa shape index (κ2) is 10.8. The normalized spacial score (nSPS) is 17.9. The van der Waals surface area contributed by atoms with Gasteiger partial charge in [0.05, 0.1) is 30.5 Å². The topological polar surface area (TPSA) is 120 Å². The van der Waals surface area contributed by atoms with Gasteiger partial charge in [-0.3, -0.25) is 14.8 Å². The molecule has 0 saturated carbocycles. The summed E-state index contributed by atoms with van der Waals surface area (Å²) in [6, 6.07) is 13.7. The number of nitrogens with zero attached hydrogens (tertiary/aromatic N) is 6. The summed E-state index contributed by atoms with van der Waals surface area (Å²) in [7, 11) is -3.95. The number of aromatic nitrogens is 1. The smallest absolute Gasteiger partial charge is 0.253 e. The van der Waals surface area contributed by atoms with Crippen molar-refractivity contribution in [3.05, 3.63) is 65.9 Å². The Labute approximate surface area is 225 Å². The van der Waals surface area contributed by atoms with Crippen LogP contribution >= 0.6 is 11.6 Å². The molecule has 0 spiro atoms. The van der Waals surface area contributed by atoms with Gasteiger partial charge in [0.2, 0.25) is 10.0 Å². The summed E-state index contributed by atoms with van der Waals surface area (Å²) in [6.45, 7) is 1.30. The molecule has 1 amide bonds. The van der Waals surface area contributed by atoms with Crippen molar-refractivity contribution >= 4 is 50.0 Å². The molecule has 2 saturated heterocycles. The molecule has 3 aromatic rings. The van der Waals surface area contributed by atoms with E-state index in [1.807, 2.05) is 12.1 Å². The number of sulfonamides is 1. The van der Waals surface area contributed by atoms with Gasteiger partial charge in [-0.15, -0.1) is 5.12 Å². The number of hydrazine groups is 2. The fourth-order valence-electron chi connectivity index (χ4n) is 4.79. The van der Waals surface area contributed by atoms with Crippen molar-refractivity contribution < 1.29 is 23.1 Å². The zero-order valence-electron chi connectivity index (χ0n) is 20.4. The molecular weight excluding hydrogens is 532 g/mol. The molecule has 0 unspecified atom stereocenters. The monoisotopic (exact) mass is 557 g/mol. The van der Waals surface area contributed by atoms with Gasteiger partial charge in [0.25, 0.3) is 5.91 Å². The Hall–Kier alpha value is -3.29. The van der Waals surface area contributed by atoms with Crippen molar-refractivity contribution in [1.29, 1.82) is 0 Å². The van der Waals surface area contributed by atoms with Gasteiger partial charge in [-0.2, -0.15) is 4.31 Å². The average Bonchev–Trinajstić information content (AvgIpc) is 2.92. The van der Waals surface area contributed by atoms with Crippen molar-refractivity contribution in [2.75, 3.05) is 57.3 Å². The van der Waals surface area contributed by atoms with Crippen LogP contribution in [0.5, 0.6) is 0 Å². The molecule has 5 rings (SSSR count). The molecule has 13 heteroatoms. The predicted molar refractivity (Wildman–Crippen MR) is 139 cm³/mol. The lowest BCUT2D eigenvalue weighted by atomic mass is 10.1. The Morgan fingerprint density at radius 2 is 1.63 bits per heavy atom. The van der Waals surface area contributed by atoms with E-state index in [0.29, 0.717) is 36.6 Å². The number of hydrogen-bond acceptors (Lipinski definition) is 9. The van der Waals surface area contributed by atoms with Crippen LogP contribution in [-0.4, -0.2) is 97.1 Å². The Morgan fingerprint density at radius 1 is 0.947 bits per heavy atom. The van der Waals surface area contributed by atoms with Crippen molar-refractivity contribution in [3.63, 3.8) is 0 Å². The molecule has 2 aliphatic rings. The third-order valence-corrected chi connectivity index (χ3v) is 8.81. The second-order valence-electron chi connectivity index (χ2n) is 9.06. The molecule has 0 N–H and O–H groups in total. The molecule has 3 heterocycles. The zero-order chi connectivity index (χ0) is 26.9. The molecule has 200 valence electrons. The van der Waals surface area contributed by atoms with Gasteiger partial charge >= 0.3 is 0 Å². The number of carbonyl (C=O) groups excluding carboxylic acids is 2. The largest absolute Gasteiger partial charge is 0.549 e. The number of amides is 1. The van der Waals surface area contributed by atoms with Crippen LogP contribution in [0.4, 0.5) is 5.69 Å². The Bertz CT molecular complexity index is 1450. The van der Waals surface area contributed by atoms with Crippen molar-refractivity contribution in [2.45, 2.75) is 4.90 Å². The number of fused-ring (bicyclic) bond motifs is 1. The van der Waals surface area contributed by atoms with Crippen molar-refractivity contribution in [2.24, 2.45) is 0 Å². The number of pyridine rings is 1. The molecule has 0 aliphatic carbocycles. The number of carboxylic acids is 1. The van der Waals surface area contributed by atoms with Gasteiger partial charge < -0.3 is 14.8 Å². The Kier molecular flexibility index (Phi) is 7.50. The van der Waals surface area contributed by atoms with Gasteiger partial charge in [0.15, 0.2) is 0 Å². The Morgan fingerprint density at radius 3 is 2.32 bits per heavy atom. The summed E-state index contributed by atoms with van der Waals surface area (Å²) in [5.41, 5.74) is 1.01. The fraction of sp³-hybridized carbons (Fsp3) is 0.320. The van der Waals surface area contributed by atoms with E-state index in [0.717, 1.165) is 15.4 Å². The van der Waals surface area contributed by atoms with Crippen molar-refractivity contribution in [1.82, 2.24) is 24.4 Å². The number of hydrogen-bond donors (Lipinski definition) is 0. The van der Waals surface area contributed by atoms with E-state index in [9.17, 15) is 23.1 Å². The van der Waals surface area contributed by atoms with Crippen LogP contribution in [0, 0.1) is 0 Å². The van der Waals surface area contributed by atoms with Crippen LogP contribution in [-0.2, 0) is 19.6 Å². The molecule has 11 nitrogen and oxygen atoms in total. The average molecular weight is 558 g/mol. The number of anilines is 1. The summed E-state index contributed by atoms with van der Waals surface area (Å²) < 4.78 is 27.8. The minimum absolute atomic E-state index is 0.0130. The highest BCUT2D eigenvalue weighted by Crippen LogP contribution is 2.26. The predicted octanol–water partition coefficient (Wildman–Crippen LogP) is 0.425. The van der Waals surface area contributed by atoms with Crippen LogP contribution in [0.1, 0.15) is 0 Å². The minimum atomic E-state index is -3.95.